The van der Waals surface area contributed by atoms with Crippen LogP contribution in [0.4, 0.5) is 0 Å². The number of nitrogens with zero attached hydrogens (tertiary/aromatic N) is 2. The van der Waals surface area contributed by atoms with Crippen LogP contribution in [0.1, 0.15) is 26.0 Å². The molecular weight excluding hydrogens is 308 g/mol. The van der Waals surface area contributed by atoms with Gasteiger partial charge in [0.2, 0.25) is 5.91 Å². The molecule has 0 aliphatic carbocycles. The Balaban J connectivity index is 1.83. The van der Waals surface area contributed by atoms with Crippen LogP contribution < -0.4 is 0 Å². The molecule has 2 heterocycles. The maximum atomic E-state index is 12.2. The van der Waals surface area contributed by atoms with Gasteiger partial charge >= 0.3 is 5.97 Å². The lowest BCUT2D eigenvalue weighted by Gasteiger charge is -2.34. The van der Waals surface area contributed by atoms with E-state index in [-0.39, 0.29) is 12.3 Å². The van der Waals surface area contributed by atoms with Crippen LogP contribution in [0, 0.1) is 11.8 Å². The SMILES string of the molecule is CC1CC(C)CN(C(=O)CSc2nc(CC(=O)O)cs2)C1. The van der Waals surface area contributed by atoms with Crippen molar-refractivity contribution in [2.24, 2.45) is 11.8 Å². The van der Waals surface area contributed by atoms with Crippen molar-refractivity contribution in [3.05, 3.63) is 11.1 Å². The van der Waals surface area contributed by atoms with E-state index in [9.17, 15) is 9.59 Å². The summed E-state index contributed by atoms with van der Waals surface area (Å²) in [5, 5.41) is 10.5. The summed E-state index contributed by atoms with van der Waals surface area (Å²) < 4.78 is 0.762. The number of likely N-dealkylation sites (tertiary alicyclic amines) is 1. The van der Waals surface area contributed by atoms with E-state index >= 15 is 0 Å². The van der Waals surface area contributed by atoms with Crippen LogP contribution in [0.3, 0.4) is 0 Å². The van der Waals surface area contributed by atoms with E-state index in [1.807, 2.05) is 4.90 Å². The highest BCUT2D eigenvalue weighted by atomic mass is 32.2. The third kappa shape index (κ3) is 5.00. The van der Waals surface area contributed by atoms with Crippen molar-refractivity contribution in [1.82, 2.24) is 9.88 Å². The molecule has 1 aliphatic heterocycles. The number of aromatic nitrogens is 1. The Bertz CT molecular complexity index is 508. The lowest BCUT2D eigenvalue weighted by molar-refractivity contribution is -0.136. The van der Waals surface area contributed by atoms with Gasteiger partial charge in [-0.1, -0.05) is 25.6 Å². The van der Waals surface area contributed by atoms with Crippen molar-refractivity contribution in [1.29, 1.82) is 0 Å². The lowest BCUT2D eigenvalue weighted by atomic mass is 9.92. The van der Waals surface area contributed by atoms with E-state index in [2.05, 4.69) is 18.8 Å². The summed E-state index contributed by atoms with van der Waals surface area (Å²) in [6.45, 7) is 6.04. The third-order valence-electron chi connectivity index (χ3n) is 3.40. The summed E-state index contributed by atoms with van der Waals surface area (Å²) in [5.41, 5.74) is 0.558. The Morgan fingerprint density at radius 2 is 2.10 bits per heavy atom. The van der Waals surface area contributed by atoms with Gasteiger partial charge in [-0.2, -0.15) is 0 Å². The average Bonchev–Trinajstić information content (AvgIpc) is 2.81. The number of carboxylic acids is 1. The van der Waals surface area contributed by atoms with Crippen LogP contribution in [-0.4, -0.2) is 45.7 Å². The molecule has 0 aromatic carbocycles. The van der Waals surface area contributed by atoms with Crippen LogP contribution in [0.15, 0.2) is 9.72 Å². The summed E-state index contributed by atoms with van der Waals surface area (Å²) >= 11 is 2.79. The zero-order chi connectivity index (χ0) is 15.4. The summed E-state index contributed by atoms with van der Waals surface area (Å²) in [6, 6.07) is 0. The first-order chi connectivity index (χ1) is 9.94. The fraction of sp³-hybridized carbons (Fsp3) is 0.643. The molecule has 1 aliphatic rings. The highest BCUT2D eigenvalue weighted by molar-refractivity contribution is 8.01. The second kappa shape index (κ2) is 7.26. The van der Waals surface area contributed by atoms with E-state index in [4.69, 9.17) is 5.11 Å². The van der Waals surface area contributed by atoms with E-state index < -0.39 is 5.97 Å². The number of rotatable bonds is 5. The fourth-order valence-corrected chi connectivity index (χ4v) is 4.42. The number of piperidine rings is 1. The first kappa shape index (κ1) is 16.3. The molecule has 1 amide bonds. The predicted molar refractivity (Wildman–Crippen MR) is 83.7 cm³/mol. The molecule has 0 spiro atoms. The Labute approximate surface area is 132 Å². The van der Waals surface area contributed by atoms with Crippen LogP contribution in [0.5, 0.6) is 0 Å². The minimum absolute atomic E-state index is 0.0633. The second-order valence-corrected chi connectivity index (χ2v) is 7.79. The average molecular weight is 328 g/mol. The van der Waals surface area contributed by atoms with Gasteiger partial charge in [-0.15, -0.1) is 11.3 Å². The topological polar surface area (TPSA) is 70.5 Å². The molecule has 116 valence electrons. The molecule has 1 aromatic rings. The number of amides is 1. The van der Waals surface area contributed by atoms with E-state index in [0.29, 0.717) is 23.3 Å². The minimum Gasteiger partial charge on any atom is -0.481 e. The van der Waals surface area contributed by atoms with Crippen molar-refractivity contribution in [2.75, 3.05) is 18.8 Å². The fourth-order valence-electron chi connectivity index (χ4n) is 2.67. The van der Waals surface area contributed by atoms with Gasteiger partial charge in [0.15, 0.2) is 4.34 Å². The molecule has 2 atom stereocenters. The van der Waals surface area contributed by atoms with Gasteiger partial charge in [-0.3, -0.25) is 9.59 Å². The molecular formula is C14H20N2O3S2. The molecule has 21 heavy (non-hydrogen) atoms. The molecule has 2 rings (SSSR count). The Hall–Kier alpha value is -1.08. The van der Waals surface area contributed by atoms with Crippen molar-refractivity contribution < 1.29 is 14.7 Å². The number of hydrogen-bond donors (Lipinski definition) is 1. The number of carbonyl (C=O) groups excluding carboxylic acids is 1. The highest BCUT2D eigenvalue weighted by Gasteiger charge is 2.25. The number of carbonyl (C=O) groups is 2. The van der Waals surface area contributed by atoms with Crippen LogP contribution in [-0.2, 0) is 16.0 Å². The smallest absolute Gasteiger partial charge is 0.309 e. The zero-order valence-corrected chi connectivity index (χ0v) is 13.9. The predicted octanol–water partition coefficient (Wildman–Crippen LogP) is 2.37. The van der Waals surface area contributed by atoms with Gasteiger partial charge in [0, 0.05) is 18.5 Å². The monoisotopic (exact) mass is 328 g/mol. The van der Waals surface area contributed by atoms with Gasteiger partial charge in [-0.25, -0.2) is 4.98 Å². The van der Waals surface area contributed by atoms with Crippen molar-refractivity contribution in [2.45, 2.75) is 31.0 Å². The van der Waals surface area contributed by atoms with Crippen molar-refractivity contribution in [3.63, 3.8) is 0 Å². The normalized spacial score (nSPS) is 22.3. The molecule has 0 radical (unpaired) electrons. The maximum absolute atomic E-state index is 12.2. The van der Waals surface area contributed by atoms with Gasteiger partial charge < -0.3 is 10.0 Å². The first-order valence-electron chi connectivity index (χ1n) is 7.00. The lowest BCUT2D eigenvalue weighted by Crippen LogP contribution is -2.43. The van der Waals surface area contributed by atoms with Crippen LogP contribution in [0.2, 0.25) is 0 Å². The maximum Gasteiger partial charge on any atom is 0.309 e. The molecule has 1 aromatic heterocycles. The minimum atomic E-state index is -0.885. The third-order valence-corrected chi connectivity index (χ3v) is 5.46. The van der Waals surface area contributed by atoms with Crippen LogP contribution >= 0.6 is 23.1 Å². The van der Waals surface area contributed by atoms with Crippen molar-refractivity contribution in [3.8, 4) is 0 Å². The van der Waals surface area contributed by atoms with E-state index in [0.717, 1.165) is 17.4 Å². The van der Waals surface area contributed by atoms with E-state index in [1.54, 1.807) is 5.38 Å². The number of hydrogen-bond acceptors (Lipinski definition) is 5. The molecule has 0 saturated carbocycles. The van der Waals surface area contributed by atoms with Crippen molar-refractivity contribution >= 4 is 35.0 Å². The number of thioether (sulfide) groups is 1. The molecule has 1 saturated heterocycles. The molecule has 0 bridgehead atoms. The standard InChI is InChI=1S/C14H20N2O3S2/c1-9-3-10(2)6-16(5-9)12(17)8-21-14-15-11(7-20-14)4-13(18)19/h7,9-10H,3-6,8H2,1-2H3,(H,18,19). The molecule has 7 heteroatoms. The molecule has 1 fully saturated rings. The van der Waals surface area contributed by atoms with E-state index in [1.165, 1.54) is 29.5 Å². The van der Waals surface area contributed by atoms with Gasteiger partial charge in [0.25, 0.3) is 0 Å². The largest absolute Gasteiger partial charge is 0.481 e. The highest BCUT2D eigenvalue weighted by Crippen LogP contribution is 2.25. The number of carboxylic acid groups (broad SMARTS) is 1. The second-order valence-electron chi connectivity index (χ2n) is 5.71. The van der Waals surface area contributed by atoms with Gasteiger partial charge in [0.1, 0.15) is 0 Å². The number of thiazole rings is 1. The molecule has 5 nitrogen and oxygen atoms in total. The molecule has 2 unspecified atom stereocenters. The number of aliphatic carboxylic acids is 1. The molecule has 1 N–H and O–H groups in total. The quantitative estimate of drug-likeness (QED) is 0.840. The Morgan fingerprint density at radius 1 is 1.43 bits per heavy atom. The summed E-state index contributed by atoms with van der Waals surface area (Å²) in [4.78, 5) is 29.0. The van der Waals surface area contributed by atoms with Gasteiger partial charge in [-0.05, 0) is 18.3 Å². The Morgan fingerprint density at radius 3 is 2.71 bits per heavy atom. The summed E-state index contributed by atoms with van der Waals surface area (Å²) in [6.07, 6.45) is 1.12. The van der Waals surface area contributed by atoms with Crippen LogP contribution in [0.25, 0.3) is 0 Å². The summed E-state index contributed by atoms with van der Waals surface area (Å²) in [5.74, 6) is 0.756. The summed E-state index contributed by atoms with van der Waals surface area (Å²) in [7, 11) is 0. The zero-order valence-electron chi connectivity index (χ0n) is 12.2. The first-order valence-corrected chi connectivity index (χ1v) is 8.87. The Kier molecular flexibility index (Phi) is 5.64. The van der Waals surface area contributed by atoms with Gasteiger partial charge in [0.05, 0.1) is 17.9 Å².